The first kappa shape index (κ1) is 15.2. The molecule has 0 bridgehead atoms. The zero-order valence-electron chi connectivity index (χ0n) is 12.1. The van der Waals surface area contributed by atoms with Gasteiger partial charge in [0.1, 0.15) is 11.8 Å². The summed E-state index contributed by atoms with van der Waals surface area (Å²) in [7, 11) is 1.40. The van der Waals surface area contributed by atoms with Gasteiger partial charge < -0.3 is 4.74 Å². The van der Waals surface area contributed by atoms with Crippen molar-refractivity contribution < 1.29 is 19.1 Å². The van der Waals surface area contributed by atoms with Gasteiger partial charge in [-0.3, -0.25) is 14.5 Å². The Bertz CT molecular complexity index is 817. The van der Waals surface area contributed by atoms with Crippen LogP contribution in [-0.2, 0) is 11.3 Å². The maximum atomic E-state index is 12.1. The number of nitrogens with zero attached hydrogens (tertiary/aromatic N) is 2. The second kappa shape index (κ2) is 5.81. The number of esters is 1. The molecule has 2 heterocycles. The first-order valence-corrected chi connectivity index (χ1v) is 7.09. The van der Waals surface area contributed by atoms with Crippen LogP contribution < -0.4 is 0 Å². The third-order valence-electron chi connectivity index (χ3n) is 3.48. The number of pyridine rings is 1. The molecular formula is C16H11ClN2O4. The lowest BCUT2D eigenvalue weighted by molar-refractivity contribution is 0.0472. The summed E-state index contributed by atoms with van der Waals surface area (Å²) in [5.74, 6) is -1.39. The van der Waals surface area contributed by atoms with E-state index in [-0.39, 0.29) is 29.2 Å². The number of rotatable bonds is 3. The predicted octanol–water partition coefficient (Wildman–Crippen LogP) is 2.32. The predicted molar refractivity (Wildman–Crippen MR) is 81.2 cm³/mol. The molecule has 0 saturated heterocycles. The van der Waals surface area contributed by atoms with E-state index in [9.17, 15) is 14.4 Å². The SMILES string of the molecule is CN1C(=O)c2ccc(C(=O)OCc3ccc(Cl)nc3)cc2C1=O. The number of aromatic nitrogens is 1. The minimum absolute atomic E-state index is 0.0346. The van der Waals surface area contributed by atoms with Crippen molar-refractivity contribution in [1.29, 1.82) is 0 Å². The Balaban J connectivity index is 1.75. The number of hydrogen-bond donors (Lipinski definition) is 0. The average molecular weight is 331 g/mol. The molecule has 116 valence electrons. The molecule has 23 heavy (non-hydrogen) atoms. The molecular weight excluding hydrogens is 320 g/mol. The van der Waals surface area contributed by atoms with Crippen molar-refractivity contribution in [2.45, 2.75) is 6.61 Å². The Morgan fingerprint density at radius 3 is 2.61 bits per heavy atom. The molecule has 0 saturated carbocycles. The van der Waals surface area contributed by atoms with E-state index in [1.54, 1.807) is 12.1 Å². The molecule has 1 aliphatic rings. The normalized spacial score (nSPS) is 13.2. The maximum Gasteiger partial charge on any atom is 0.338 e. The van der Waals surface area contributed by atoms with E-state index in [0.717, 1.165) is 4.90 Å². The molecule has 0 radical (unpaired) electrons. The lowest BCUT2D eigenvalue weighted by atomic mass is 10.1. The highest BCUT2D eigenvalue weighted by atomic mass is 35.5. The third kappa shape index (κ3) is 2.80. The van der Waals surface area contributed by atoms with Crippen molar-refractivity contribution in [1.82, 2.24) is 9.88 Å². The first-order chi connectivity index (χ1) is 11.0. The Morgan fingerprint density at radius 2 is 1.91 bits per heavy atom. The van der Waals surface area contributed by atoms with Crippen LogP contribution in [0, 0.1) is 0 Å². The van der Waals surface area contributed by atoms with Gasteiger partial charge in [-0.25, -0.2) is 9.78 Å². The Morgan fingerprint density at radius 1 is 1.17 bits per heavy atom. The molecule has 0 fully saturated rings. The van der Waals surface area contributed by atoms with Crippen LogP contribution in [0.4, 0.5) is 0 Å². The Labute approximate surface area is 136 Å². The number of ether oxygens (including phenoxy) is 1. The fourth-order valence-electron chi connectivity index (χ4n) is 2.21. The molecule has 2 aromatic rings. The fraction of sp³-hybridized carbons (Fsp3) is 0.125. The van der Waals surface area contributed by atoms with Gasteiger partial charge in [0.2, 0.25) is 0 Å². The van der Waals surface area contributed by atoms with Crippen molar-refractivity contribution in [2.75, 3.05) is 7.05 Å². The summed E-state index contributed by atoms with van der Waals surface area (Å²) in [5.41, 5.74) is 1.40. The van der Waals surface area contributed by atoms with E-state index in [1.165, 1.54) is 31.4 Å². The number of carbonyl (C=O) groups is 3. The molecule has 0 spiro atoms. The highest BCUT2D eigenvalue weighted by Crippen LogP contribution is 2.23. The van der Waals surface area contributed by atoms with Crippen molar-refractivity contribution >= 4 is 29.4 Å². The molecule has 0 aliphatic carbocycles. The molecule has 3 rings (SSSR count). The standard InChI is InChI=1S/C16H11ClN2O4/c1-19-14(20)11-4-3-10(6-12(11)15(19)21)16(22)23-8-9-2-5-13(17)18-7-9/h2-7H,8H2,1H3. The zero-order valence-corrected chi connectivity index (χ0v) is 12.8. The summed E-state index contributed by atoms with van der Waals surface area (Å²) >= 11 is 5.68. The van der Waals surface area contributed by atoms with Gasteiger partial charge >= 0.3 is 5.97 Å². The van der Waals surface area contributed by atoms with E-state index in [1.807, 2.05) is 0 Å². The van der Waals surface area contributed by atoms with E-state index < -0.39 is 11.9 Å². The maximum absolute atomic E-state index is 12.1. The van der Waals surface area contributed by atoms with E-state index in [4.69, 9.17) is 16.3 Å². The minimum Gasteiger partial charge on any atom is -0.457 e. The first-order valence-electron chi connectivity index (χ1n) is 6.71. The summed E-state index contributed by atoms with van der Waals surface area (Å²) in [6, 6.07) is 7.59. The van der Waals surface area contributed by atoms with Crippen LogP contribution in [0.25, 0.3) is 0 Å². The molecule has 2 amide bonds. The van der Waals surface area contributed by atoms with Crippen LogP contribution in [0.1, 0.15) is 36.6 Å². The molecule has 1 aromatic carbocycles. The Hall–Kier alpha value is -2.73. The van der Waals surface area contributed by atoms with Gasteiger partial charge in [-0.05, 0) is 24.3 Å². The van der Waals surface area contributed by atoms with Crippen molar-refractivity contribution in [2.24, 2.45) is 0 Å². The van der Waals surface area contributed by atoms with Gasteiger partial charge in [0.25, 0.3) is 11.8 Å². The van der Waals surface area contributed by atoms with Gasteiger partial charge in [-0.2, -0.15) is 0 Å². The average Bonchev–Trinajstić information content (AvgIpc) is 2.78. The number of benzene rings is 1. The molecule has 1 aliphatic heterocycles. The molecule has 7 heteroatoms. The van der Waals surface area contributed by atoms with Crippen LogP contribution in [0.15, 0.2) is 36.5 Å². The molecule has 0 N–H and O–H groups in total. The monoisotopic (exact) mass is 330 g/mol. The van der Waals surface area contributed by atoms with Gasteiger partial charge in [0.15, 0.2) is 0 Å². The van der Waals surface area contributed by atoms with Crippen LogP contribution in [0.2, 0.25) is 5.15 Å². The molecule has 1 aromatic heterocycles. The largest absolute Gasteiger partial charge is 0.457 e. The van der Waals surface area contributed by atoms with Gasteiger partial charge in [-0.1, -0.05) is 17.7 Å². The number of fused-ring (bicyclic) bond motifs is 1. The summed E-state index contributed by atoms with van der Waals surface area (Å²) in [6.07, 6.45) is 1.51. The van der Waals surface area contributed by atoms with Crippen molar-refractivity contribution in [3.8, 4) is 0 Å². The summed E-state index contributed by atoms with van der Waals surface area (Å²) < 4.78 is 5.17. The Kier molecular flexibility index (Phi) is 3.83. The summed E-state index contributed by atoms with van der Waals surface area (Å²) in [6.45, 7) is 0.0346. The lowest BCUT2D eigenvalue weighted by Gasteiger charge is -2.05. The zero-order chi connectivity index (χ0) is 16.6. The highest BCUT2D eigenvalue weighted by molar-refractivity contribution is 6.29. The topological polar surface area (TPSA) is 76.6 Å². The minimum atomic E-state index is -0.586. The third-order valence-corrected chi connectivity index (χ3v) is 3.71. The number of imide groups is 1. The van der Waals surface area contributed by atoms with Crippen LogP contribution in [0.3, 0.4) is 0 Å². The van der Waals surface area contributed by atoms with Crippen LogP contribution in [0.5, 0.6) is 0 Å². The fourth-order valence-corrected chi connectivity index (χ4v) is 2.32. The second-order valence-electron chi connectivity index (χ2n) is 4.99. The van der Waals surface area contributed by atoms with Crippen LogP contribution >= 0.6 is 11.6 Å². The van der Waals surface area contributed by atoms with Gasteiger partial charge in [0.05, 0.1) is 16.7 Å². The van der Waals surface area contributed by atoms with E-state index in [2.05, 4.69) is 4.98 Å². The lowest BCUT2D eigenvalue weighted by Crippen LogP contribution is -2.24. The number of carbonyl (C=O) groups excluding carboxylic acids is 3. The number of amides is 2. The van der Waals surface area contributed by atoms with E-state index in [0.29, 0.717) is 10.7 Å². The van der Waals surface area contributed by atoms with E-state index >= 15 is 0 Å². The smallest absolute Gasteiger partial charge is 0.338 e. The quantitative estimate of drug-likeness (QED) is 0.490. The number of hydrogen-bond acceptors (Lipinski definition) is 5. The van der Waals surface area contributed by atoms with Crippen LogP contribution in [-0.4, -0.2) is 34.7 Å². The molecule has 6 nitrogen and oxygen atoms in total. The van der Waals surface area contributed by atoms with Crippen molar-refractivity contribution in [3.05, 3.63) is 63.9 Å². The summed E-state index contributed by atoms with van der Waals surface area (Å²) in [4.78, 5) is 40.7. The highest BCUT2D eigenvalue weighted by Gasteiger charge is 2.33. The molecule has 0 unspecified atom stereocenters. The summed E-state index contributed by atoms with van der Waals surface area (Å²) in [5, 5.41) is 0.353. The van der Waals surface area contributed by atoms with Gasteiger partial charge in [-0.15, -0.1) is 0 Å². The molecule has 0 atom stereocenters. The number of halogens is 1. The van der Waals surface area contributed by atoms with Gasteiger partial charge in [0, 0.05) is 18.8 Å². The van der Waals surface area contributed by atoms with Crippen molar-refractivity contribution in [3.63, 3.8) is 0 Å². The second-order valence-corrected chi connectivity index (χ2v) is 5.38.